The molecule has 0 radical (unpaired) electrons. The predicted molar refractivity (Wildman–Crippen MR) is 79.9 cm³/mol. The number of benzene rings is 1. The van der Waals surface area contributed by atoms with Crippen molar-refractivity contribution in [3.63, 3.8) is 0 Å². The molecule has 1 atom stereocenters. The van der Waals surface area contributed by atoms with E-state index < -0.39 is 0 Å². The van der Waals surface area contributed by atoms with E-state index in [0.717, 1.165) is 18.7 Å². The smallest absolute Gasteiger partial charge is 0.122 e. The van der Waals surface area contributed by atoms with E-state index in [2.05, 4.69) is 45.1 Å². The summed E-state index contributed by atoms with van der Waals surface area (Å²) in [6.07, 6.45) is 0.972. The lowest BCUT2D eigenvalue weighted by molar-refractivity contribution is 0.212. The minimum Gasteiger partial charge on any atom is -0.496 e. The van der Waals surface area contributed by atoms with E-state index in [0.29, 0.717) is 5.92 Å². The number of ether oxygens (including phenoxy) is 1. The van der Waals surface area contributed by atoms with Gasteiger partial charge in [-0.15, -0.1) is 0 Å². The van der Waals surface area contributed by atoms with E-state index in [1.54, 1.807) is 7.11 Å². The quantitative estimate of drug-likeness (QED) is 0.796. The van der Waals surface area contributed by atoms with Crippen molar-refractivity contribution in [2.45, 2.75) is 40.2 Å². The molecule has 3 nitrogen and oxygen atoms in total. The molecule has 0 saturated heterocycles. The molecule has 108 valence electrons. The molecule has 0 spiro atoms. The fourth-order valence-electron chi connectivity index (χ4n) is 2.24. The van der Waals surface area contributed by atoms with Gasteiger partial charge in [-0.05, 0) is 55.5 Å². The maximum absolute atomic E-state index is 9.28. The van der Waals surface area contributed by atoms with Crippen LogP contribution in [0.25, 0.3) is 0 Å². The van der Waals surface area contributed by atoms with E-state index in [1.165, 1.54) is 16.7 Å². The van der Waals surface area contributed by atoms with Gasteiger partial charge in [0.2, 0.25) is 0 Å². The van der Waals surface area contributed by atoms with Crippen molar-refractivity contribution in [1.29, 1.82) is 0 Å². The largest absolute Gasteiger partial charge is 0.496 e. The van der Waals surface area contributed by atoms with Crippen molar-refractivity contribution in [1.82, 2.24) is 5.32 Å². The van der Waals surface area contributed by atoms with Crippen LogP contribution in [0.15, 0.2) is 12.1 Å². The third-order valence-corrected chi connectivity index (χ3v) is 3.66. The van der Waals surface area contributed by atoms with Gasteiger partial charge in [0.15, 0.2) is 0 Å². The maximum Gasteiger partial charge on any atom is 0.122 e. The Bertz CT molecular complexity index is 402. The zero-order valence-corrected chi connectivity index (χ0v) is 12.8. The van der Waals surface area contributed by atoms with Crippen LogP contribution in [0.1, 0.15) is 30.5 Å². The van der Waals surface area contributed by atoms with E-state index in [1.807, 2.05) is 0 Å². The first kappa shape index (κ1) is 16.0. The molecule has 0 heterocycles. The van der Waals surface area contributed by atoms with Gasteiger partial charge < -0.3 is 15.2 Å². The molecular weight excluding hydrogens is 238 g/mol. The number of rotatable bonds is 7. The standard InChI is InChI=1S/C16H27NO2/c1-11(2)15(10-18)17-7-6-14-8-13(4)16(19-5)9-12(14)3/h8-9,11,15,17-18H,6-7,10H2,1-5H3. The Labute approximate surface area is 117 Å². The zero-order valence-electron chi connectivity index (χ0n) is 12.8. The van der Waals surface area contributed by atoms with Crippen molar-refractivity contribution < 1.29 is 9.84 Å². The minimum atomic E-state index is 0.180. The number of hydrogen-bond donors (Lipinski definition) is 2. The molecule has 2 N–H and O–H groups in total. The molecule has 1 aromatic rings. The van der Waals surface area contributed by atoms with Crippen molar-refractivity contribution in [2.24, 2.45) is 5.92 Å². The van der Waals surface area contributed by atoms with Crippen molar-refractivity contribution in [3.8, 4) is 5.75 Å². The third-order valence-electron chi connectivity index (χ3n) is 3.66. The van der Waals surface area contributed by atoms with Crippen molar-refractivity contribution in [2.75, 3.05) is 20.3 Å². The Hall–Kier alpha value is -1.06. The van der Waals surface area contributed by atoms with Gasteiger partial charge in [0.25, 0.3) is 0 Å². The lowest BCUT2D eigenvalue weighted by Gasteiger charge is -2.20. The molecule has 0 bridgehead atoms. The lowest BCUT2D eigenvalue weighted by Crippen LogP contribution is -2.38. The fraction of sp³-hybridized carbons (Fsp3) is 0.625. The summed E-state index contributed by atoms with van der Waals surface area (Å²) in [6.45, 7) is 9.50. The first-order valence-corrected chi connectivity index (χ1v) is 6.98. The Balaban J connectivity index is 2.61. The summed E-state index contributed by atoms with van der Waals surface area (Å²) < 4.78 is 5.32. The molecule has 1 aromatic carbocycles. The van der Waals surface area contributed by atoms with E-state index in [9.17, 15) is 5.11 Å². The number of aliphatic hydroxyl groups is 1. The Morgan fingerprint density at radius 3 is 2.42 bits per heavy atom. The first-order chi connectivity index (χ1) is 8.99. The zero-order chi connectivity index (χ0) is 14.4. The minimum absolute atomic E-state index is 0.180. The van der Waals surface area contributed by atoms with Crippen LogP contribution in [0.2, 0.25) is 0 Å². The Morgan fingerprint density at radius 1 is 1.21 bits per heavy atom. The Kier molecular flexibility index (Phi) is 6.32. The molecule has 0 saturated carbocycles. The summed E-state index contributed by atoms with van der Waals surface area (Å²) in [4.78, 5) is 0. The van der Waals surface area contributed by atoms with Crippen LogP contribution in [0, 0.1) is 19.8 Å². The summed E-state index contributed by atoms with van der Waals surface area (Å²) in [5.41, 5.74) is 3.77. The molecule has 1 rings (SSSR count). The molecule has 0 aliphatic rings. The van der Waals surface area contributed by atoms with Gasteiger partial charge in [-0.25, -0.2) is 0 Å². The highest BCUT2D eigenvalue weighted by molar-refractivity contribution is 5.41. The van der Waals surface area contributed by atoms with Crippen LogP contribution in [0.5, 0.6) is 5.75 Å². The fourth-order valence-corrected chi connectivity index (χ4v) is 2.24. The molecule has 3 heteroatoms. The Morgan fingerprint density at radius 2 is 1.89 bits per heavy atom. The SMILES string of the molecule is COc1cc(C)c(CCNC(CO)C(C)C)cc1C. The van der Waals surface area contributed by atoms with E-state index in [4.69, 9.17) is 4.74 Å². The molecule has 0 amide bonds. The monoisotopic (exact) mass is 265 g/mol. The van der Waals surface area contributed by atoms with Crippen LogP contribution >= 0.6 is 0 Å². The number of aryl methyl sites for hydroxylation is 2. The molecule has 0 fully saturated rings. The van der Waals surface area contributed by atoms with Crippen LogP contribution in [0.4, 0.5) is 0 Å². The van der Waals surface area contributed by atoms with Gasteiger partial charge >= 0.3 is 0 Å². The molecule has 1 unspecified atom stereocenters. The highest BCUT2D eigenvalue weighted by Gasteiger charge is 2.11. The first-order valence-electron chi connectivity index (χ1n) is 6.98. The van der Waals surface area contributed by atoms with E-state index >= 15 is 0 Å². The van der Waals surface area contributed by atoms with Gasteiger partial charge in [0, 0.05) is 6.04 Å². The number of nitrogens with one attached hydrogen (secondary N) is 1. The normalized spacial score (nSPS) is 12.8. The summed E-state index contributed by atoms with van der Waals surface area (Å²) in [5, 5.41) is 12.7. The van der Waals surface area contributed by atoms with Crippen LogP contribution in [-0.4, -0.2) is 31.4 Å². The topological polar surface area (TPSA) is 41.5 Å². The second kappa shape index (κ2) is 7.51. The molecular formula is C16H27NO2. The van der Waals surface area contributed by atoms with Gasteiger partial charge in [-0.2, -0.15) is 0 Å². The highest BCUT2D eigenvalue weighted by Crippen LogP contribution is 2.22. The average Bonchev–Trinajstić information content (AvgIpc) is 2.37. The molecule has 0 aliphatic carbocycles. The van der Waals surface area contributed by atoms with Crippen LogP contribution < -0.4 is 10.1 Å². The van der Waals surface area contributed by atoms with Gasteiger partial charge in [0.05, 0.1) is 13.7 Å². The maximum atomic E-state index is 9.28. The van der Waals surface area contributed by atoms with E-state index in [-0.39, 0.29) is 12.6 Å². The summed E-state index contributed by atoms with van der Waals surface area (Å²) in [5.74, 6) is 1.40. The molecule has 0 aliphatic heterocycles. The predicted octanol–water partition coefficient (Wildman–Crippen LogP) is 2.46. The van der Waals surface area contributed by atoms with Gasteiger partial charge in [-0.3, -0.25) is 0 Å². The summed E-state index contributed by atoms with van der Waals surface area (Å²) in [6, 6.07) is 4.47. The second-order valence-corrected chi connectivity index (χ2v) is 5.49. The van der Waals surface area contributed by atoms with Crippen molar-refractivity contribution in [3.05, 3.63) is 28.8 Å². The lowest BCUT2D eigenvalue weighted by atomic mass is 10.0. The summed E-state index contributed by atoms with van der Waals surface area (Å²) >= 11 is 0. The van der Waals surface area contributed by atoms with Crippen molar-refractivity contribution >= 4 is 0 Å². The highest BCUT2D eigenvalue weighted by atomic mass is 16.5. The number of methoxy groups -OCH3 is 1. The van der Waals surface area contributed by atoms with Gasteiger partial charge in [0.1, 0.15) is 5.75 Å². The van der Waals surface area contributed by atoms with Crippen LogP contribution in [0.3, 0.4) is 0 Å². The average molecular weight is 265 g/mol. The third kappa shape index (κ3) is 4.51. The molecule has 0 aromatic heterocycles. The molecule has 19 heavy (non-hydrogen) atoms. The number of hydrogen-bond acceptors (Lipinski definition) is 3. The van der Waals surface area contributed by atoms with Gasteiger partial charge in [-0.1, -0.05) is 19.9 Å². The van der Waals surface area contributed by atoms with Crippen LogP contribution in [-0.2, 0) is 6.42 Å². The second-order valence-electron chi connectivity index (χ2n) is 5.49. The number of aliphatic hydroxyl groups excluding tert-OH is 1. The summed E-state index contributed by atoms with van der Waals surface area (Å²) in [7, 11) is 1.71.